The molecular weight excluding hydrogens is 270 g/mol. The van der Waals surface area contributed by atoms with E-state index in [2.05, 4.69) is 36.4 Å². The van der Waals surface area contributed by atoms with Gasteiger partial charge >= 0.3 is 0 Å². The van der Waals surface area contributed by atoms with Crippen LogP contribution in [-0.4, -0.2) is 5.91 Å². The zero-order valence-electron chi connectivity index (χ0n) is 12.6. The van der Waals surface area contributed by atoms with E-state index in [0.717, 1.165) is 0 Å². The Hall–Kier alpha value is -2.61. The molecule has 1 amide bonds. The van der Waals surface area contributed by atoms with Gasteiger partial charge in [-0.05, 0) is 39.9 Å². The second-order valence-electron chi connectivity index (χ2n) is 5.73. The van der Waals surface area contributed by atoms with E-state index in [1.165, 1.54) is 27.5 Å². The van der Waals surface area contributed by atoms with Gasteiger partial charge in [0.1, 0.15) is 0 Å². The molecule has 0 aliphatic carbocycles. The highest BCUT2D eigenvalue weighted by Gasteiger charge is 2.13. The number of fused-ring (bicyclic) bond motifs is 1. The molecule has 0 aromatic heterocycles. The summed E-state index contributed by atoms with van der Waals surface area (Å²) in [5.74, 6) is -0.427. The van der Waals surface area contributed by atoms with Crippen molar-refractivity contribution in [2.24, 2.45) is 11.7 Å². The van der Waals surface area contributed by atoms with E-state index in [1.54, 1.807) is 0 Å². The van der Waals surface area contributed by atoms with E-state index >= 15 is 0 Å². The maximum atomic E-state index is 11.4. The molecule has 0 heterocycles. The van der Waals surface area contributed by atoms with E-state index in [9.17, 15) is 4.79 Å². The molecule has 2 N–H and O–H groups in total. The summed E-state index contributed by atoms with van der Waals surface area (Å²) < 4.78 is 0. The second-order valence-corrected chi connectivity index (χ2v) is 5.73. The zero-order valence-corrected chi connectivity index (χ0v) is 12.6. The fourth-order valence-electron chi connectivity index (χ4n) is 2.79. The topological polar surface area (TPSA) is 43.1 Å². The molecule has 2 heteroatoms. The summed E-state index contributed by atoms with van der Waals surface area (Å²) in [5, 5.41) is 2.38. The molecule has 1 atom stereocenters. The molecule has 3 aromatic carbocycles. The number of primary amides is 1. The first kappa shape index (κ1) is 14.3. The molecule has 0 saturated carbocycles. The van der Waals surface area contributed by atoms with Crippen molar-refractivity contribution in [3.05, 3.63) is 72.3 Å². The highest BCUT2D eigenvalue weighted by atomic mass is 16.1. The number of hydrogen-bond donors (Lipinski definition) is 1. The number of benzene rings is 3. The van der Waals surface area contributed by atoms with Crippen LogP contribution in [0.1, 0.15) is 12.5 Å². The van der Waals surface area contributed by atoms with Crippen LogP contribution in [0.25, 0.3) is 21.9 Å². The highest BCUT2D eigenvalue weighted by Crippen LogP contribution is 2.29. The quantitative estimate of drug-likeness (QED) is 0.769. The monoisotopic (exact) mass is 289 g/mol. The molecule has 0 saturated heterocycles. The van der Waals surface area contributed by atoms with Crippen molar-refractivity contribution in [3.63, 3.8) is 0 Å². The molecule has 110 valence electrons. The van der Waals surface area contributed by atoms with Gasteiger partial charge in [-0.1, -0.05) is 67.6 Å². The Kier molecular flexibility index (Phi) is 3.92. The lowest BCUT2D eigenvalue weighted by Gasteiger charge is -2.13. The van der Waals surface area contributed by atoms with Crippen molar-refractivity contribution < 1.29 is 4.79 Å². The van der Waals surface area contributed by atoms with Crippen LogP contribution in [0.15, 0.2) is 66.7 Å². The molecule has 3 rings (SSSR count). The SMILES string of the molecule is CC(Cc1cc(-c2ccccc2)cc2ccccc12)C(N)=O. The number of carbonyl (C=O) groups is 1. The zero-order chi connectivity index (χ0) is 15.5. The van der Waals surface area contributed by atoms with Crippen LogP contribution in [0.2, 0.25) is 0 Å². The van der Waals surface area contributed by atoms with Crippen molar-refractivity contribution in [1.29, 1.82) is 0 Å². The summed E-state index contributed by atoms with van der Waals surface area (Å²) in [7, 11) is 0. The van der Waals surface area contributed by atoms with Crippen LogP contribution in [0.5, 0.6) is 0 Å². The average molecular weight is 289 g/mol. The van der Waals surface area contributed by atoms with Crippen LogP contribution in [-0.2, 0) is 11.2 Å². The maximum absolute atomic E-state index is 11.4. The number of hydrogen-bond acceptors (Lipinski definition) is 1. The summed E-state index contributed by atoms with van der Waals surface area (Å²) in [6, 6.07) is 23.0. The van der Waals surface area contributed by atoms with Crippen molar-refractivity contribution >= 4 is 16.7 Å². The summed E-state index contributed by atoms with van der Waals surface area (Å²) in [6.45, 7) is 1.88. The Morgan fingerprint density at radius 1 is 0.955 bits per heavy atom. The summed E-state index contributed by atoms with van der Waals surface area (Å²) in [6.07, 6.45) is 0.663. The Morgan fingerprint density at radius 2 is 1.64 bits per heavy atom. The molecular formula is C20H19NO. The predicted octanol–water partition coefficient (Wildman–Crippen LogP) is 4.17. The summed E-state index contributed by atoms with van der Waals surface area (Å²) >= 11 is 0. The van der Waals surface area contributed by atoms with Gasteiger partial charge in [0.05, 0.1) is 0 Å². The Bertz CT molecular complexity index is 808. The number of rotatable bonds is 4. The van der Waals surface area contributed by atoms with Crippen LogP contribution < -0.4 is 5.73 Å². The van der Waals surface area contributed by atoms with Gasteiger partial charge in [-0.2, -0.15) is 0 Å². The highest BCUT2D eigenvalue weighted by molar-refractivity contribution is 5.91. The van der Waals surface area contributed by atoms with Gasteiger partial charge in [-0.3, -0.25) is 4.79 Å². The van der Waals surface area contributed by atoms with E-state index in [4.69, 9.17) is 5.73 Å². The lowest BCUT2D eigenvalue weighted by Crippen LogP contribution is -2.22. The normalized spacial score (nSPS) is 12.2. The Morgan fingerprint density at radius 3 is 2.36 bits per heavy atom. The standard InChI is InChI=1S/C20H19NO/c1-14(20(21)22)11-18-13-17(15-7-3-2-4-8-15)12-16-9-5-6-10-19(16)18/h2-10,12-14H,11H2,1H3,(H2,21,22). The minimum atomic E-state index is -0.255. The molecule has 2 nitrogen and oxygen atoms in total. The maximum Gasteiger partial charge on any atom is 0.220 e. The van der Waals surface area contributed by atoms with Crippen LogP contribution in [0, 0.1) is 5.92 Å². The third kappa shape index (κ3) is 2.86. The van der Waals surface area contributed by atoms with Gasteiger partial charge in [-0.15, -0.1) is 0 Å². The minimum Gasteiger partial charge on any atom is -0.369 e. The summed E-state index contributed by atoms with van der Waals surface area (Å²) in [5.41, 5.74) is 8.96. The van der Waals surface area contributed by atoms with Gasteiger partial charge in [0.2, 0.25) is 5.91 Å². The lowest BCUT2D eigenvalue weighted by atomic mass is 9.91. The fourth-order valence-corrected chi connectivity index (χ4v) is 2.79. The van der Waals surface area contributed by atoms with E-state index < -0.39 is 0 Å². The van der Waals surface area contributed by atoms with Gasteiger partial charge < -0.3 is 5.73 Å². The van der Waals surface area contributed by atoms with Crippen molar-refractivity contribution in [3.8, 4) is 11.1 Å². The largest absolute Gasteiger partial charge is 0.369 e. The first-order valence-corrected chi connectivity index (χ1v) is 7.51. The van der Waals surface area contributed by atoms with E-state index in [0.29, 0.717) is 6.42 Å². The lowest BCUT2D eigenvalue weighted by molar-refractivity contribution is -0.121. The van der Waals surface area contributed by atoms with E-state index in [1.807, 2.05) is 37.3 Å². The van der Waals surface area contributed by atoms with Gasteiger partial charge in [-0.25, -0.2) is 0 Å². The van der Waals surface area contributed by atoms with Gasteiger partial charge in [0.15, 0.2) is 0 Å². The molecule has 0 aliphatic rings. The smallest absolute Gasteiger partial charge is 0.220 e. The summed E-state index contributed by atoms with van der Waals surface area (Å²) in [4.78, 5) is 11.4. The molecule has 1 unspecified atom stereocenters. The van der Waals surface area contributed by atoms with Gasteiger partial charge in [0.25, 0.3) is 0 Å². The molecule has 0 bridgehead atoms. The minimum absolute atomic E-state index is 0.172. The predicted molar refractivity (Wildman–Crippen MR) is 91.4 cm³/mol. The number of carbonyl (C=O) groups excluding carboxylic acids is 1. The van der Waals surface area contributed by atoms with Crippen molar-refractivity contribution in [2.75, 3.05) is 0 Å². The number of amides is 1. The molecule has 22 heavy (non-hydrogen) atoms. The molecule has 3 aromatic rings. The Balaban J connectivity index is 2.14. The Labute approximate surface area is 130 Å². The van der Waals surface area contributed by atoms with E-state index in [-0.39, 0.29) is 11.8 Å². The average Bonchev–Trinajstić information content (AvgIpc) is 2.55. The van der Waals surface area contributed by atoms with Crippen molar-refractivity contribution in [1.82, 2.24) is 0 Å². The third-order valence-electron chi connectivity index (χ3n) is 4.07. The van der Waals surface area contributed by atoms with Crippen LogP contribution in [0.4, 0.5) is 0 Å². The fraction of sp³-hybridized carbons (Fsp3) is 0.150. The molecule has 0 fully saturated rings. The third-order valence-corrected chi connectivity index (χ3v) is 4.07. The molecule has 0 radical (unpaired) electrons. The first-order chi connectivity index (χ1) is 10.6. The molecule has 0 aliphatic heterocycles. The van der Waals surface area contributed by atoms with Crippen LogP contribution in [0.3, 0.4) is 0 Å². The van der Waals surface area contributed by atoms with Gasteiger partial charge in [0, 0.05) is 5.92 Å². The van der Waals surface area contributed by atoms with Crippen LogP contribution >= 0.6 is 0 Å². The van der Waals surface area contributed by atoms with Crippen molar-refractivity contribution in [2.45, 2.75) is 13.3 Å². The first-order valence-electron chi connectivity index (χ1n) is 7.51. The number of nitrogens with two attached hydrogens (primary N) is 1. The molecule has 0 spiro atoms. The second kappa shape index (κ2) is 6.02.